The minimum atomic E-state index is -4.60. The van der Waals surface area contributed by atoms with Crippen molar-refractivity contribution in [3.8, 4) is 17.2 Å². The van der Waals surface area contributed by atoms with E-state index in [1.165, 1.54) is 46.5 Å². The molecular formula is C24H22F3NO6. The number of alkyl halides is 3. The lowest BCUT2D eigenvalue weighted by atomic mass is 10.0. The van der Waals surface area contributed by atoms with Crippen molar-refractivity contribution in [3.05, 3.63) is 64.4 Å². The summed E-state index contributed by atoms with van der Waals surface area (Å²) in [6, 6.07) is 7.47. The number of hydrogen-bond donors (Lipinski definition) is 0. The highest BCUT2D eigenvalue weighted by molar-refractivity contribution is 6.24. The molecule has 3 rings (SSSR count). The second-order valence-electron chi connectivity index (χ2n) is 7.12. The Balaban J connectivity index is 2.21. The number of amides is 1. The van der Waals surface area contributed by atoms with Crippen molar-refractivity contribution in [2.45, 2.75) is 13.1 Å². The zero-order chi connectivity index (χ0) is 25.2. The van der Waals surface area contributed by atoms with E-state index in [1.807, 2.05) is 0 Å². The first-order chi connectivity index (χ1) is 16.1. The van der Waals surface area contributed by atoms with Crippen LogP contribution < -0.4 is 19.1 Å². The van der Waals surface area contributed by atoms with E-state index in [4.69, 9.17) is 18.9 Å². The third-order valence-corrected chi connectivity index (χ3v) is 5.26. The second-order valence-corrected chi connectivity index (χ2v) is 7.12. The molecule has 0 unspecified atom stereocenters. The maximum Gasteiger partial charge on any atom is 0.416 e. The van der Waals surface area contributed by atoms with Gasteiger partial charge in [0.25, 0.3) is 5.91 Å². The SMILES string of the molecule is COC(=O)C1=C(C)N(c2cccc(C(F)(F)F)c2)C(=O)/C1=C\c1ccc(OC)c(OC)c1OC. The first-order valence-electron chi connectivity index (χ1n) is 9.90. The summed E-state index contributed by atoms with van der Waals surface area (Å²) in [4.78, 5) is 27.1. The highest BCUT2D eigenvalue weighted by Crippen LogP contribution is 2.43. The van der Waals surface area contributed by atoms with Gasteiger partial charge >= 0.3 is 12.1 Å². The van der Waals surface area contributed by atoms with Crippen molar-refractivity contribution < 1.29 is 41.7 Å². The largest absolute Gasteiger partial charge is 0.493 e. The monoisotopic (exact) mass is 477 g/mol. The van der Waals surface area contributed by atoms with Crippen LogP contribution in [-0.4, -0.2) is 40.3 Å². The summed E-state index contributed by atoms with van der Waals surface area (Å²) in [5, 5.41) is 0. The second kappa shape index (κ2) is 9.50. The van der Waals surface area contributed by atoms with Gasteiger partial charge in [-0.3, -0.25) is 9.69 Å². The lowest BCUT2D eigenvalue weighted by Crippen LogP contribution is -2.25. The molecule has 10 heteroatoms. The molecule has 1 heterocycles. The maximum absolute atomic E-state index is 13.4. The van der Waals surface area contributed by atoms with Gasteiger partial charge in [-0.2, -0.15) is 13.2 Å². The molecule has 0 fully saturated rings. The highest BCUT2D eigenvalue weighted by atomic mass is 19.4. The van der Waals surface area contributed by atoms with Crippen molar-refractivity contribution in [1.82, 2.24) is 0 Å². The van der Waals surface area contributed by atoms with E-state index >= 15 is 0 Å². The van der Waals surface area contributed by atoms with Crippen LogP contribution in [0, 0.1) is 0 Å². The number of benzene rings is 2. The molecule has 2 aromatic carbocycles. The molecule has 0 saturated carbocycles. The van der Waals surface area contributed by atoms with Crippen LogP contribution in [0.25, 0.3) is 6.08 Å². The summed E-state index contributed by atoms with van der Waals surface area (Å²) in [6.07, 6.45) is -3.21. The Kier molecular flexibility index (Phi) is 6.90. The fraction of sp³-hybridized carbons (Fsp3) is 0.250. The summed E-state index contributed by atoms with van der Waals surface area (Å²) in [7, 11) is 5.41. The Hall–Kier alpha value is -3.95. The first-order valence-corrected chi connectivity index (χ1v) is 9.90. The number of allylic oxidation sites excluding steroid dienone is 1. The van der Waals surface area contributed by atoms with Crippen molar-refractivity contribution in [2.75, 3.05) is 33.3 Å². The average molecular weight is 477 g/mol. The van der Waals surface area contributed by atoms with Crippen LogP contribution in [0.2, 0.25) is 0 Å². The Bertz CT molecular complexity index is 1200. The number of halogens is 3. The molecule has 0 spiro atoms. The molecule has 1 amide bonds. The van der Waals surface area contributed by atoms with Crippen LogP contribution in [0.5, 0.6) is 17.2 Å². The molecule has 180 valence electrons. The molecule has 34 heavy (non-hydrogen) atoms. The van der Waals surface area contributed by atoms with E-state index in [2.05, 4.69) is 0 Å². The fourth-order valence-electron chi connectivity index (χ4n) is 3.71. The summed E-state index contributed by atoms with van der Waals surface area (Å²) in [5.41, 5.74) is -0.620. The van der Waals surface area contributed by atoms with Crippen LogP contribution in [0.1, 0.15) is 18.1 Å². The lowest BCUT2D eigenvalue weighted by Gasteiger charge is -2.19. The Morgan fingerprint density at radius 2 is 1.65 bits per heavy atom. The standard InChI is InChI=1S/C24H22F3NO6/c1-13-19(23(30)34-5)17(11-14-9-10-18(31-2)21(33-4)20(14)32-3)22(29)28(13)16-8-6-7-15(12-16)24(25,26)27/h6-12H,1-5H3/b17-11-. The van der Waals surface area contributed by atoms with Gasteiger partial charge in [-0.1, -0.05) is 6.07 Å². The van der Waals surface area contributed by atoms with Crippen molar-refractivity contribution in [2.24, 2.45) is 0 Å². The summed E-state index contributed by atoms with van der Waals surface area (Å²) < 4.78 is 60.7. The smallest absolute Gasteiger partial charge is 0.416 e. The molecule has 0 radical (unpaired) electrons. The zero-order valence-electron chi connectivity index (χ0n) is 19.1. The number of carbonyl (C=O) groups is 2. The first kappa shape index (κ1) is 24.7. The van der Waals surface area contributed by atoms with Gasteiger partial charge in [0, 0.05) is 16.9 Å². The van der Waals surface area contributed by atoms with Crippen LogP contribution in [-0.2, 0) is 20.5 Å². The van der Waals surface area contributed by atoms with E-state index in [1.54, 1.807) is 12.1 Å². The number of nitrogens with zero attached hydrogens (tertiary/aromatic N) is 1. The van der Waals surface area contributed by atoms with E-state index in [-0.39, 0.29) is 34.0 Å². The van der Waals surface area contributed by atoms with E-state index < -0.39 is 23.6 Å². The van der Waals surface area contributed by atoms with Crippen LogP contribution in [0.4, 0.5) is 18.9 Å². The third-order valence-electron chi connectivity index (χ3n) is 5.26. The fourth-order valence-corrected chi connectivity index (χ4v) is 3.71. The topological polar surface area (TPSA) is 74.3 Å². The quantitative estimate of drug-likeness (QED) is 0.447. The average Bonchev–Trinajstić information content (AvgIpc) is 3.06. The summed E-state index contributed by atoms with van der Waals surface area (Å²) >= 11 is 0. The third kappa shape index (κ3) is 4.30. The lowest BCUT2D eigenvalue weighted by molar-refractivity contribution is -0.137. The van der Waals surface area contributed by atoms with Gasteiger partial charge in [0.15, 0.2) is 11.5 Å². The van der Waals surface area contributed by atoms with Gasteiger partial charge in [-0.15, -0.1) is 0 Å². The minimum absolute atomic E-state index is 0.0404. The van der Waals surface area contributed by atoms with Gasteiger partial charge in [0.2, 0.25) is 5.75 Å². The molecule has 7 nitrogen and oxygen atoms in total. The van der Waals surface area contributed by atoms with E-state index in [9.17, 15) is 22.8 Å². The number of anilines is 1. The number of hydrogen-bond acceptors (Lipinski definition) is 6. The van der Waals surface area contributed by atoms with Crippen LogP contribution >= 0.6 is 0 Å². The molecule has 0 aromatic heterocycles. The molecule has 1 aliphatic rings. The van der Waals surface area contributed by atoms with E-state index in [0.29, 0.717) is 11.3 Å². The van der Waals surface area contributed by atoms with Gasteiger partial charge in [-0.25, -0.2) is 4.79 Å². The molecule has 0 saturated heterocycles. The number of ether oxygens (including phenoxy) is 4. The van der Waals surface area contributed by atoms with Crippen molar-refractivity contribution in [3.63, 3.8) is 0 Å². The van der Waals surface area contributed by atoms with Gasteiger partial charge in [0.05, 0.1) is 45.1 Å². The molecule has 1 aliphatic heterocycles. The number of carbonyl (C=O) groups excluding carboxylic acids is 2. The summed E-state index contributed by atoms with van der Waals surface area (Å²) in [6.45, 7) is 1.46. The Labute approximate surface area is 194 Å². The zero-order valence-corrected chi connectivity index (χ0v) is 19.1. The van der Waals surface area contributed by atoms with Crippen molar-refractivity contribution in [1.29, 1.82) is 0 Å². The molecule has 0 aliphatic carbocycles. The Morgan fingerprint density at radius 3 is 2.21 bits per heavy atom. The van der Waals surface area contributed by atoms with Gasteiger partial charge < -0.3 is 18.9 Å². The van der Waals surface area contributed by atoms with E-state index in [0.717, 1.165) is 24.1 Å². The minimum Gasteiger partial charge on any atom is -0.493 e. The maximum atomic E-state index is 13.4. The van der Waals surface area contributed by atoms with Crippen molar-refractivity contribution >= 4 is 23.6 Å². The number of rotatable bonds is 6. The Morgan fingerprint density at radius 1 is 0.971 bits per heavy atom. The van der Waals surface area contributed by atoms with Crippen LogP contribution in [0.3, 0.4) is 0 Å². The highest BCUT2D eigenvalue weighted by Gasteiger charge is 2.39. The predicted molar refractivity (Wildman–Crippen MR) is 118 cm³/mol. The normalized spacial score (nSPS) is 15.1. The molecule has 2 aromatic rings. The van der Waals surface area contributed by atoms with Gasteiger partial charge in [-0.05, 0) is 43.3 Å². The van der Waals surface area contributed by atoms with Gasteiger partial charge in [0.1, 0.15) is 0 Å². The number of methoxy groups -OCH3 is 4. The number of esters is 1. The predicted octanol–water partition coefficient (Wildman–Crippen LogP) is 4.61. The molecule has 0 bridgehead atoms. The molecular weight excluding hydrogens is 455 g/mol. The van der Waals surface area contributed by atoms with Crippen LogP contribution in [0.15, 0.2) is 53.2 Å². The summed E-state index contributed by atoms with van der Waals surface area (Å²) in [5.74, 6) is -0.633. The molecule has 0 atom stereocenters. The molecule has 0 N–H and O–H groups in total.